The van der Waals surface area contributed by atoms with Crippen molar-refractivity contribution in [1.82, 2.24) is 9.97 Å². The zero-order valence-corrected chi connectivity index (χ0v) is 7.69. The van der Waals surface area contributed by atoms with Crippen LogP contribution < -0.4 is 0 Å². The van der Waals surface area contributed by atoms with Gasteiger partial charge in [0.2, 0.25) is 0 Å². The Labute approximate surface area is 84.2 Å². The van der Waals surface area contributed by atoms with E-state index < -0.39 is 5.97 Å². The fourth-order valence-corrected chi connectivity index (χ4v) is 1.46. The molecular formula is C9H5ClN2O2. The summed E-state index contributed by atoms with van der Waals surface area (Å²) >= 11 is 5.85. The number of halogens is 1. The molecule has 0 saturated carbocycles. The number of nitrogens with zero attached hydrogens (tertiary/aromatic N) is 2. The van der Waals surface area contributed by atoms with Gasteiger partial charge >= 0.3 is 5.97 Å². The lowest BCUT2D eigenvalue weighted by Crippen LogP contribution is -1.96. The molecule has 1 aromatic heterocycles. The third kappa shape index (κ3) is 1.40. The van der Waals surface area contributed by atoms with Crippen LogP contribution in [0, 0.1) is 0 Å². The molecule has 1 N–H and O–H groups in total. The Bertz CT molecular complexity index is 513. The second kappa shape index (κ2) is 3.23. The zero-order chi connectivity index (χ0) is 10.1. The minimum absolute atomic E-state index is 0.136. The third-order valence-electron chi connectivity index (χ3n) is 1.81. The summed E-state index contributed by atoms with van der Waals surface area (Å²) < 4.78 is 0. The molecule has 0 unspecified atom stereocenters. The second-order valence-corrected chi connectivity index (χ2v) is 3.13. The van der Waals surface area contributed by atoms with Crippen LogP contribution in [0.1, 0.15) is 10.4 Å². The molecule has 1 heterocycles. The van der Waals surface area contributed by atoms with Crippen molar-refractivity contribution in [2.45, 2.75) is 0 Å². The lowest BCUT2D eigenvalue weighted by atomic mass is 10.1. The molecule has 4 nitrogen and oxygen atoms in total. The van der Waals surface area contributed by atoms with Crippen LogP contribution in [0.3, 0.4) is 0 Å². The number of rotatable bonds is 1. The average molecular weight is 209 g/mol. The summed E-state index contributed by atoms with van der Waals surface area (Å²) in [5, 5.41) is 9.71. The molecule has 0 spiro atoms. The molecule has 5 heteroatoms. The lowest BCUT2D eigenvalue weighted by Gasteiger charge is -2.00. The summed E-state index contributed by atoms with van der Waals surface area (Å²) in [5.41, 5.74) is 0.698. The van der Waals surface area contributed by atoms with E-state index in [0.29, 0.717) is 15.9 Å². The molecule has 0 aliphatic heterocycles. The highest BCUT2D eigenvalue weighted by molar-refractivity contribution is 6.35. The maximum Gasteiger partial charge on any atom is 0.335 e. The molecule has 0 bridgehead atoms. The minimum atomic E-state index is -1.02. The Kier molecular flexibility index (Phi) is 2.05. The van der Waals surface area contributed by atoms with E-state index in [1.54, 1.807) is 0 Å². The average Bonchev–Trinajstić information content (AvgIpc) is 2.17. The van der Waals surface area contributed by atoms with Gasteiger partial charge in [0, 0.05) is 11.6 Å². The van der Waals surface area contributed by atoms with Crippen molar-refractivity contribution in [2.75, 3.05) is 0 Å². The standard InChI is InChI=1S/C9H5ClN2O2/c10-7-2-5(9(13)14)1-6-3-11-4-12-8(6)7/h1-4H,(H,13,14). The molecule has 0 fully saturated rings. The van der Waals surface area contributed by atoms with Crippen LogP contribution in [0.15, 0.2) is 24.7 Å². The molecule has 0 atom stereocenters. The first-order valence-electron chi connectivity index (χ1n) is 3.81. The van der Waals surface area contributed by atoms with Crippen molar-refractivity contribution in [3.8, 4) is 0 Å². The molecule has 14 heavy (non-hydrogen) atoms. The smallest absolute Gasteiger partial charge is 0.335 e. The predicted octanol–water partition coefficient (Wildman–Crippen LogP) is 1.98. The van der Waals surface area contributed by atoms with Gasteiger partial charge in [-0.1, -0.05) is 11.6 Å². The number of carboxylic acid groups (broad SMARTS) is 1. The molecule has 0 saturated heterocycles. The van der Waals surface area contributed by atoms with Crippen LogP contribution in [0.4, 0.5) is 0 Å². The van der Waals surface area contributed by atoms with E-state index in [2.05, 4.69) is 9.97 Å². The first-order valence-corrected chi connectivity index (χ1v) is 4.19. The van der Waals surface area contributed by atoms with E-state index >= 15 is 0 Å². The van der Waals surface area contributed by atoms with Gasteiger partial charge in [0.25, 0.3) is 0 Å². The van der Waals surface area contributed by atoms with E-state index in [9.17, 15) is 4.79 Å². The Morgan fingerprint density at radius 1 is 1.43 bits per heavy atom. The summed E-state index contributed by atoms with van der Waals surface area (Å²) in [6, 6.07) is 2.86. The van der Waals surface area contributed by atoms with E-state index in [4.69, 9.17) is 16.7 Å². The van der Waals surface area contributed by atoms with Gasteiger partial charge in [0.05, 0.1) is 16.1 Å². The number of aromatic nitrogens is 2. The summed E-state index contributed by atoms with van der Waals surface area (Å²) in [6.45, 7) is 0. The number of carbonyl (C=O) groups is 1. The SMILES string of the molecule is O=C(O)c1cc(Cl)c2ncncc2c1. The Morgan fingerprint density at radius 3 is 2.93 bits per heavy atom. The highest BCUT2D eigenvalue weighted by Gasteiger charge is 2.08. The largest absolute Gasteiger partial charge is 0.478 e. The predicted molar refractivity (Wildman–Crippen MR) is 51.5 cm³/mol. The molecule has 0 aliphatic carbocycles. The monoisotopic (exact) mass is 208 g/mol. The van der Waals surface area contributed by atoms with Crippen LogP contribution in [-0.4, -0.2) is 21.0 Å². The molecule has 0 aliphatic rings. The van der Waals surface area contributed by atoms with E-state index in [0.717, 1.165) is 0 Å². The van der Waals surface area contributed by atoms with Gasteiger partial charge in [0.1, 0.15) is 6.33 Å². The first-order chi connectivity index (χ1) is 6.68. The van der Waals surface area contributed by atoms with E-state index in [-0.39, 0.29) is 5.56 Å². The maximum atomic E-state index is 10.7. The van der Waals surface area contributed by atoms with Gasteiger partial charge < -0.3 is 5.11 Å². The number of hydrogen-bond acceptors (Lipinski definition) is 3. The van der Waals surface area contributed by atoms with Crippen LogP contribution in [0.5, 0.6) is 0 Å². The van der Waals surface area contributed by atoms with Gasteiger partial charge in [-0.25, -0.2) is 14.8 Å². The molecule has 1 aromatic carbocycles. The Hall–Kier alpha value is -1.68. The topological polar surface area (TPSA) is 63.1 Å². The zero-order valence-electron chi connectivity index (χ0n) is 6.94. The molecular weight excluding hydrogens is 204 g/mol. The van der Waals surface area contributed by atoms with Gasteiger partial charge in [-0.3, -0.25) is 0 Å². The van der Waals surface area contributed by atoms with Gasteiger partial charge in [-0.2, -0.15) is 0 Å². The van der Waals surface area contributed by atoms with Crippen molar-refractivity contribution in [1.29, 1.82) is 0 Å². The number of carboxylic acids is 1. The van der Waals surface area contributed by atoms with E-state index in [1.165, 1.54) is 24.7 Å². The number of benzene rings is 1. The molecule has 70 valence electrons. The summed E-state index contributed by atoms with van der Waals surface area (Å²) in [4.78, 5) is 18.4. The van der Waals surface area contributed by atoms with Crippen LogP contribution in [0.25, 0.3) is 10.9 Å². The summed E-state index contributed by atoms with van der Waals surface area (Å²) in [6.07, 6.45) is 2.90. The fourth-order valence-electron chi connectivity index (χ4n) is 1.18. The molecule has 2 aromatic rings. The molecule has 0 amide bonds. The number of hydrogen-bond donors (Lipinski definition) is 1. The Morgan fingerprint density at radius 2 is 2.21 bits per heavy atom. The van der Waals surface area contributed by atoms with Crippen molar-refractivity contribution >= 4 is 28.5 Å². The summed E-state index contributed by atoms with van der Waals surface area (Å²) in [5.74, 6) is -1.02. The normalized spacial score (nSPS) is 10.4. The Balaban J connectivity index is 2.78. The van der Waals surface area contributed by atoms with Crippen LogP contribution >= 0.6 is 11.6 Å². The first kappa shape index (κ1) is 8.90. The third-order valence-corrected chi connectivity index (χ3v) is 2.10. The highest BCUT2D eigenvalue weighted by Crippen LogP contribution is 2.22. The maximum absolute atomic E-state index is 10.7. The van der Waals surface area contributed by atoms with Crippen molar-refractivity contribution in [3.05, 3.63) is 35.2 Å². The van der Waals surface area contributed by atoms with E-state index in [1.807, 2.05) is 0 Å². The molecule has 2 rings (SSSR count). The van der Waals surface area contributed by atoms with Gasteiger partial charge in [-0.05, 0) is 12.1 Å². The highest BCUT2D eigenvalue weighted by atomic mass is 35.5. The number of aromatic carboxylic acids is 1. The minimum Gasteiger partial charge on any atom is -0.478 e. The number of fused-ring (bicyclic) bond motifs is 1. The lowest BCUT2D eigenvalue weighted by molar-refractivity contribution is 0.0697. The van der Waals surface area contributed by atoms with Crippen LogP contribution in [0.2, 0.25) is 5.02 Å². The summed E-state index contributed by atoms with van der Waals surface area (Å²) in [7, 11) is 0. The van der Waals surface area contributed by atoms with Crippen molar-refractivity contribution < 1.29 is 9.90 Å². The molecule has 0 radical (unpaired) electrons. The van der Waals surface area contributed by atoms with Gasteiger partial charge in [0.15, 0.2) is 0 Å². The van der Waals surface area contributed by atoms with Crippen molar-refractivity contribution in [2.24, 2.45) is 0 Å². The van der Waals surface area contributed by atoms with Gasteiger partial charge in [-0.15, -0.1) is 0 Å². The van der Waals surface area contributed by atoms with Crippen molar-refractivity contribution in [3.63, 3.8) is 0 Å². The quantitative estimate of drug-likeness (QED) is 0.779. The van der Waals surface area contributed by atoms with Crippen LogP contribution in [-0.2, 0) is 0 Å². The second-order valence-electron chi connectivity index (χ2n) is 2.72. The fraction of sp³-hybridized carbons (Fsp3) is 0.